The highest BCUT2D eigenvalue weighted by Gasteiger charge is 2.28. The minimum Gasteiger partial charge on any atom is -0.507 e. The number of alkyl carbamates (subject to hydrolysis) is 1. The molecule has 5 rings (SSSR count). The minimum atomic E-state index is -0.576. The number of halogens is 1. The first kappa shape index (κ1) is 22.3. The smallest absolute Gasteiger partial charge is 0.407 e. The molecule has 2 saturated heterocycles. The van der Waals surface area contributed by atoms with E-state index in [0.29, 0.717) is 37.6 Å². The van der Waals surface area contributed by atoms with E-state index >= 15 is 0 Å². The van der Waals surface area contributed by atoms with Crippen molar-refractivity contribution in [1.82, 2.24) is 15.3 Å². The van der Waals surface area contributed by atoms with Crippen molar-refractivity contribution in [2.75, 3.05) is 37.7 Å². The largest absolute Gasteiger partial charge is 0.507 e. The van der Waals surface area contributed by atoms with Crippen LogP contribution < -0.4 is 10.2 Å². The number of fused-ring (bicyclic) bond motifs is 1. The van der Waals surface area contributed by atoms with Crippen molar-refractivity contribution < 1.29 is 23.8 Å². The van der Waals surface area contributed by atoms with Gasteiger partial charge < -0.3 is 24.8 Å². The number of carbonyl (C=O) groups excluding carboxylic acids is 1. The van der Waals surface area contributed by atoms with Crippen molar-refractivity contribution in [3.8, 4) is 17.1 Å². The molecule has 0 radical (unpaired) electrons. The lowest BCUT2D eigenvalue weighted by Gasteiger charge is -2.21. The first-order valence-electron chi connectivity index (χ1n) is 11.5. The van der Waals surface area contributed by atoms with Gasteiger partial charge in [0.2, 0.25) is 0 Å². The first-order valence-corrected chi connectivity index (χ1v) is 11.5. The van der Waals surface area contributed by atoms with Crippen LogP contribution >= 0.6 is 0 Å². The average molecular weight is 467 g/mol. The van der Waals surface area contributed by atoms with Crippen molar-refractivity contribution in [2.24, 2.45) is 5.92 Å². The molecule has 2 N–H and O–H groups in total. The molecule has 0 unspecified atom stereocenters. The topological polar surface area (TPSA) is 96.8 Å². The maximum Gasteiger partial charge on any atom is 0.407 e. The summed E-state index contributed by atoms with van der Waals surface area (Å²) in [6.07, 6.45) is 0.994. The van der Waals surface area contributed by atoms with Crippen molar-refractivity contribution in [2.45, 2.75) is 25.9 Å². The second kappa shape index (κ2) is 9.42. The number of hydrogen-bond donors (Lipinski definition) is 2. The van der Waals surface area contributed by atoms with Crippen molar-refractivity contribution in [1.29, 1.82) is 0 Å². The third kappa shape index (κ3) is 4.61. The molecule has 2 fully saturated rings. The molecule has 0 spiro atoms. The second-order valence-corrected chi connectivity index (χ2v) is 8.90. The van der Waals surface area contributed by atoms with Crippen molar-refractivity contribution >= 4 is 22.8 Å². The lowest BCUT2D eigenvalue weighted by molar-refractivity contribution is 0.0825. The van der Waals surface area contributed by atoms with Gasteiger partial charge >= 0.3 is 6.09 Å². The van der Waals surface area contributed by atoms with Crippen LogP contribution in [0, 0.1) is 18.7 Å². The van der Waals surface area contributed by atoms with Gasteiger partial charge in [-0.05, 0) is 49.1 Å². The number of ether oxygens (including phenoxy) is 2. The van der Waals surface area contributed by atoms with Gasteiger partial charge in [-0.25, -0.2) is 19.2 Å². The molecule has 8 nitrogen and oxygen atoms in total. The number of phenols is 1. The monoisotopic (exact) mass is 466 g/mol. The number of nitrogens with one attached hydrogen (secondary N) is 1. The minimum absolute atomic E-state index is 0.0109. The van der Waals surface area contributed by atoms with E-state index in [-0.39, 0.29) is 29.2 Å². The van der Waals surface area contributed by atoms with Crippen LogP contribution in [0.2, 0.25) is 0 Å². The van der Waals surface area contributed by atoms with Crippen LogP contribution in [0.25, 0.3) is 22.3 Å². The Morgan fingerprint density at radius 1 is 1.29 bits per heavy atom. The van der Waals surface area contributed by atoms with Crippen molar-refractivity contribution in [3.05, 3.63) is 47.8 Å². The Labute approximate surface area is 196 Å². The molecule has 0 aliphatic carbocycles. The van der Waals surface area contributed by atoms with E-state index in [1.807, 2.05) is 25.1 Å². The van der Waals surface area contributed by atoms with Crippen LogP contribution in [0.1, 0.15) is 18.4 Å². The zero-order valence-electron chi connectivity index (χ0n) is 19.0. The fourth-order valence-corrected chi connectivity index (χ4v) is 4.53. The number of carbonyl (C=O) groups is 1. The normalized spacial score (nSPS) is 20.1. The number of phenolic OH excluding ortho intramolecular Hbond substituents is 1. The quantitative estimate of drug-likeness (QED) is 0.591. The van der Waals surface area contributed by atoms with E-state index in [2.05, 4.69) is 15.2 Å². The highest BCUT2D eigenvalue weighted by Crippen LogP contribution is 2.35. The Kier molecular flexibility index (Phi) is 6.19. The van der Waals surface area contributed by atoms with E-state index in [4.69, 9.17) is 14.5 Å². The fourth-order valence-electron chi connectivity index (χ4n) is 4.53. The number of aromatic nitrogens is 2. The molecule has 2 aliphatic heterocycles. The fraction of sp³-hybridized carbons (Fsp3) is 0.400. The predicted molar refractivity (Wildman–Crippen MR) is 125 cm³/mol. The molecular weight excluding hydrogens is 439 g/mol. The Hall–Kier alpha value is -3.46. The summed E-state index contributed by atoms with van der Waals surface area (Å²) in [7, 11) is 0. The summed E-state index contributed by atoms with van der Waals surface area (Å²) in [5.41, 5.74) is 1.70. The third-order valence-corrected chi connectivity index (χ3v) is 6.33. The SMILES string of the molecule is Cc1ccc2c(N3CC[C@@H](CNC(=O)O[C@H]4CCOC4)C3)nc(-c3c(O)cccc3F)nc2c1. The van der Waals surface area contributed by atoms with E-state index in [1.165, 1.54) is 18.2 Å². The molecule has 2 aromatic carbocycles. The Morgan fingerprint density at radius 2 is 2.18 bits per heavy atom. The van der Waals surface area contributed by atoms with Gasteiger partial charge in [0.1, 0.15) is 23.5 Å². The molecule has 178 valence electrons. The number of amides is 1. The van der Waals surface area contributed by atoms with Gasteiger partial charge in [0, 0.05) is 31.4 Å². The summed E-state index contributed by atoms with van der Waals surface area (Å²) in [5, 5.41) is 14.0. The third-order valence-electron chi connectivity index (χ3n) is 6.33. The Bertz CT molecular complexity index is 1190. The lowest BCUT2D eigenvalue weighted by atomic mass is 10.1. The van der Waals surface area contributed by atoms with Gasteiger partial charge in [-0.15, -0.1) is 0 Å². The number of rotatable bonds is 5. The van der Waals surface area contributed by atoms with Gasteiger partial charge in [-0.3, -0.25) is 0 Å². The number of benzene rings is 2. The summed E-state index contributed by atoms with van der Waals surface area (Å²) >= 11 is 0. The molecule has 3 heterocycles. The molecule has 0 bridgehead atoms. The molecule has 0 saturated carbocycles. The molecule has 2 atom stereocenters. The zero-order valence-corrected chi connectivity index (χ0v) is 19.0. The Morgan fingerprint density at radius 3 is 2.97 bits per heavy atom. The summed E-state index contributed by atoms with van der Waals surface area (Å²) in [4.78, 5) is 23.5. The molecule has 1 amide bonds. The van der Waals surface area contributed by atoms with Crippen LogP contribution in [0.4, 0.5) is 15.0 Å². The van der Waals surface area contributed by atoms with Gasteiger partial charge in [-0.2, -0.15) is 0 Å². The standard InChI is InChI=1S/C25H27FN4O4/c1-15-5-6-18-20(11-15)28-23(22-19(26)3-2-4-21(22)31)29-24(18)30-9-7-16(13-30)12-27-25(32)34-17-8-10-33-14-17/h2-6,11,16-17,31H,7-10,12-14H2,1H3,(H,27,32)/t16-,17-/m0/s1. The summed E-state index contributed by atoms with van der Waals surface area (Å²) in [5.74, 6) is 0.275. The summed E-state index contributed by atoms with van der Waals surface area (Å²) in [6.45, 7) is 4.94. The van der Waals surface area contributed by atoms with Gasteiger partial charge in [-0.1, -0.05) is 12.1 Å². The first-order chi connectivity index (χ1) is 16.5. The van der Waals surface area contributed by atoms with Gasteiger partial charge in [0.05, 0.1) is 24.3 Å². The maximum absolute atomic E-state index is 14.6. The highest BCUT2D eigenvalue weighted by molar-refractivity contribution is 5.92. The van der Waals surface area contributed by atoms with E-state index in [1.54, 1.807) is 0 Å². The Balaban J connectivity index is 1.37. The number of nitrogens with zero attached hydrogens (tertiary/aromatic N) is 3. The molecule has 9 heteroatoms. The molecular formula is C25H27FN4O4. The molecule has 3 aromatic rings. The van der Waals surface area contributed by atoms with Crippen LogP contribution in [-0.2, 0) is 9.47 Å². The van der Waals surface area contributed by atoms with Crippen LogP contribution in [0.15, 0.2) is 36.4 Å². The van der Waals surface area contributed by atoms with Gasteiger partial charge in [0.25, 0.3) is 0 Å². The van der Waals surface area contributed by atoms with Crippen LogP contribution in [-0.4, -0.2) is 60.1 Å². The molecule has 1 aromatic heterocycles. The van der Waals surface area contributed by atoms with Crippen molar-refractivity contribution in [3.63, 3.8) is 0 Å². The summed E-state index contributed by atoms with van der Waals surface area (Å²) < 4.78 is 25.2. The van der Waals surface area contributed by atoms with Crippen LogP contribution in [0.5, 0.6) is 5.75 Å². The average Bonchev–Trinajstić information content (AvgIpc) is 3.49. The number of hydrogen-bond acceptors (Lipinski definition) is 7. The second-order valence-electron chi connectivity index (χ2n) is 8.90. The van der Waals surface area contributed by atoms with E-state index in [0.717, 1.165) is 30.3 Å². The summed E-state index contributed by atoms with van der Waals surface area (Å²) in [6, 6.07) is 10.1. The van der Waals surface area contributed by atoms with Gasteiger partial charge in [0.15, 0.2) is 5.82 Å². The molecule has 2 aliphatic rings. The highest BCUT2D eigenvalue weighted by atomic mass is 19.1. The lowest BCUT2D eigenvalue weighted by Crippen LogP contribution is -2.34. The zero-order chi connectivity index (χ0) is 23.7. The van der Waals surface area contributed by atoms with E-state index < -0.39 is 11.9 Å². The van der Waals surface area contributed by atoms with E-state index in [9.17, 15) is 14.3 Å². The predicted octanol–water partition coefficient (Wildman–Crippen LogP) is 3.79. The van der Waals surface area contributed by atoms with Crippen LogP contribution in [0.3, 0.4) is 0 Å². The number of aromatic hydroxyl groups is 1. The molecule has 34 heavy (non-hydrogen) atoms. The number of aryl methyl sites for hydroxylation is 1. The number of anilines is 1. The maximum atomic E-state index is 14.6.